The van der Waals surface area contributed by atoms with Gasteiger partial charge in [0, 0.05) is 28.7 Å². The van der Waals surface area contributed by atoms with Crippen LogP contribution in [-0.2, 0) is 10.0 Å². The van der Waals surface area contributed by atoms with Crippen LogP contribution in [0.15, 0.2) is 65.7 Å². The molecular weight excluding hydrogens is 392 g/mol. The average Bonchev–Trinajstić information content (AvgIpc) is 2.68. The zero-order chi connectivity index (χ0) is 21.0. The number of nitrogens with zero attached hydrogens (tertiary/aromatic N) is 2. The Bertz CT molecular complexity index is 1160. The zero-order valence-electron chi connectivity index (χ0n) is 15.7. The van der Waals surface area contributed by atoms with Crippen LogP contribution in [0.25, 0.3) is 0 Å². The number of ketones is 1. The number of carbonyl (C=O) groups excluding carboxylic acids is 2. The monoisotopic (exact) mass is 410 g/mol. The molecule has 8 nitrogen and oxygen atoms in total. The number of hydrogen-bond donors (Lipinski definition) is 2. The quantitative estimate of drug-likeness (QED) is 0.603. The second kappa shape index (κ2) is 8.19. The van der Waals surface area contributed by atoms with Crippen LogP contribution in [0.5, 0.6) is 0 Å². The minimum Gasteiger partial charge on any atom is -0.322 e. The van der Waals surface area contributed by atoms with Crippen molar-refractivity contribution in [3.63, 3.8) is 0 Å². The van der Waals surface area contributed by atoms with Gasteiger partial charge in [-0.15, -0.1) is 0 Å². The lowest BCUT2D eigenvalue weighted by Crippen LogP contribution is -2.16. The summed E-state index contributed by atoms with van der Waals surface area (Å²) in [5.41, 5.74) is 1.95. The summed E-state index contributed by atoms with van der Waals surface area (Å²) >= 11 is 0. The molecule has 2 N–H and O–H groups in total. The van der Waals surface area contributed by atoms with Gasteiger partial charge in [0.1, 0.15) is 0 Å². The Kier molecular flexibility index (Phi) is 5.69. The molecule has 3 aromatic rings. The van der Waals surface area contributed by atoms with Gasteiger partial charge in [-0.3, -0.25) is 9.59 Å². The molecule has 0 fully saturated rings. The van der Waals surface area contributed by atoms with Gasteiger partial charge in [-0.2, -0.15) is 0 Å². The van der Waals surface area contributed by atoms with E-state index in [1.807, 2.05) is 0 Å². The SMILES string of the molecule is CC(=O)c1ccc(C(=O)Nc2ccc(S(=O)(=O)Nc3nccc(C)n3)cc2)cc1. The normalized spacial score (nSPS) is 11.0. The third-order valence-corrected chi connectivity index (χ3v) is 5.34. The lowest BCUT2D eigenvalue weighted by molar-refractivity contribution is 0.101. The highest BCUT2D eigenvalue weighted by molar-refractivity contribution is 7.92. The molecule has 148 valence electrons. The maximum Gasteiger partial charge on any atom is 0.264 e. The van der Waals surface area contributed by atoms with Crippen molar-refractivity contribution in [1.29, 1.82) is 0 Å². The lowest BCUT2D eigenvalue weighted by Gasteiger charge is -2.09. The van der Waals surface area contributed by atoms with E-state index in [9.17, 15) is 18.0 Å². The summed E-state index contributed by atoms with van der Waals surface area (Å²) in [7, 11) is -3.86. The summed E-state index contributed by atoms with van der Waals surface area (Å²) in [4.78, 5) is 31.5. The van der Waals surface area contributed by atoms with E-state index in [0.717, 1.165) is 0 Å². The molecule has 0 atom stereocenters. The molecule has 0 spiro atoms. The maximum atomic E-state index is 12.4. The zero-order valence-corrected chi connectivity index (χ0v) is 16.5. The summed E-state index contributed by atoms with van der Waals surface area (Å²) in [5.74, 6) is -0.475. The maximum absolute atomic E-state index is 12.4. The van der Waals surface area contributed by atoms with Crippen LogP contribution in [0.2, 0.25) is 0 Å². The number of aromatic nitrogens is 2. The fourth-order valence-corrected chi connectivity index (χ4v) is 3.41. The van der Waals surface area contributed by atoms with Crippen molar-refractivity contribution < 1.29 is 18.0 Å². The highest BCUT2D eigenvalue weighted by Gasteiger charge is 2.16. The van der Waals surface area contributed by atoms with E-state index in [4.69, 9.17) is 0 Å². The standard InChI is InChI=1S/C20H18N4O4S/c1-13-11-12-21-20(22-13)24-29(27,28)18-9-7-17(8-10-18)23-19(26)16-5-3-15(4-6-16)14(2)25/h3-12H,1-2H3,(H,23,26)(H,21,22,24). The van der Waals surface area contributed by atoms with Crippen molar-refractivity contribution >= 4 is 33.3 Å². The third kappa shape index (κ3) is 5.02. The van der Waals surface area contributed by atoms with Gasteiger partial charge in [0.05, 0.1) is 4.90 Å². The number of Topliss-reactive ketones (excluding diaryl/α,β-unsaturated/α-hetero) is 1. The first-order valence-corrected chi connectivity index (χ1v) is 10.1. The molecule has 1 amide bonds. The van der Waals surface area contributed by atoms with Crippen LogP contribution in [0, 0.1) is 6.92 Å². The van der Waals surface area contributed by atoms with Gasteiger partial charge in [-0.1, -0.05) is 12.1 Å². The minimum absolute atomic E-state index is 0.00594. The number of sulfonamides is 1. The first-order chi connectivity index (χ1) is 13.7. The van der Waals surface area contributed by atoms with Gasteiger partial charge < -0.3 is 5.32 Å². The Hall–Kier alpha value is -3.59. The number of hydrogen-bond acceptors (Lipinski definition) is 6. The van der Waals surface area contributed by atoms with E-state index in [0.29, 0.717) is 22.5 Å². The molecule has 0 saturated heterocycles. The smallest absolute Gasteiger partial charge is 0.264 e. The molecule has 1 aromatic heterocycles. The number of amides is 1. The molecule has 1 heterocycles. The van der Waals surface area contributed by atoms with Gasteiger partial charge in [0.25, 0.3) is 15.9 Å². The Balaban J connectivity index is 1.70. The molecule has 0 unspecified atom stereocenters. The molecule has 0 saturated carbocycles. The molecule has 2 aromatic carbocycles. The topological polar surface area (TPSA) is 118 Å². The predicted molar refractivity (Wildman–Crippen MR) is 108 cm³/mol. The number of carbonyl (C=O) groups is 2. The number of anilines is 2. The minimum atomic E-state index is -3.86. The largest absolute Gasteiger partial charge is 0.322 e. The Morgan fingerprint density at radius 1 is 0.897 bits per heavy atom. The summed E-state index contributed by atoms with van der Waals surface area (Å²) in [6.45, 7) is 3.18. The Labute approximate surface area is 168 Å². The van der Waals surface area contributed by atoms with Gasteiger partial charge in [-0.05, 0) is 56.3 Å². The number of rotatable bonds is 6. The van der Waals surface area contributed by atoms with Crippen molar-refractivity contribution in [3.8, 4) is 0 Å². The van der Waals surface area contributed by atoms with Crippen LogP contribution in [0.1, 0.15) is 33.3 Å². The first-order valence-electron chi connectivity index (χ1n) is 8.59. The molecule has 0 aliphatic rings. The second-order valence-corrected chi connectivity index (χ2v) is 7.92. The fraction of sp³-hybridized carbons (Fsp3) is 0.100. The number of aryl methyl sites for hydroxylation is 1. The molecule has 0 radical (unpaired) electrons. The molecule has 9 heteroatoms. The Morgan fingerprint density at radius 2 is 1.52 bits per heavy atom. The summed E-state index contributed by atoms with van der Waals surface area (Å²) in [5, 5.41) is 2.68. The van der Waals surface area contributed by atoms with Crippen LogP contribution in [0.4, 0.5) is 11.6 Å². The number of benzene rings is 2. The van der Waals surface area contributed by atoms with Gasteiger partial charge >= 0.3 is 0 Å². The van der Waals surface area contributed by atoms with Crippen molar-refractivity contribution in [1.82, 2.24) is 9.97 Å². The van der Waals surface area contributed by atoms with Gasteiger partial charge in [0.15, 0.2) is 5.78 Å². The molecule has 29 heavy (non-hydrogen) atoms. The van der Waals surface area contributed by atoms with Crippen LogP contribution in [-0.4, -0.2) is 30.1 Å². The van der Waals surface area contributed by atoms with Crippen molar-refractivity contribution in [3.05, 3.63) is 77.6 Å². The van der Waals surface area contributed by atoms with E-state index in [1.54, 1.807) is 37.3 Å². The second-order valence-electron chi connectivity index (χ2n) is 6.24. The fourth-order valence-electron chi connectivity index (χ4n) is 2.45. The summed E-state index contributed by atoms with van der Waals surface area (Å²) < 4.78 is 27.2. The highest BCUT2D eigenvalue weighted by Crippen LogP contribution is 2.17. The van der Waals surface area contributed by atoms with E-state index in [2.05, 4.69) is 20.0 Å². The highest BCUT2D eigenvalue weighted by atomic mass is 32.2. The lowest BCUT2D eigenvalue weighted by atomic mass is 10.1. The van der Waals surface area contributed by atoms with E-state index in [1.165, 1.54) is 37.4 Å². The van der Waals surface area contributed by atoms with Crippen molar-refractivity contribution in [2.45, 2.75) is 18.7 Å². The third-order valence-electron chi connectivity index (χ3n) is 4.00. The van der Waals surface area contributed by atoms with Gasteiger partial charge in [-0.25, -0.2) is 23.1 Å². The van der Waals surface area contributed by atoms with Crippen LogP contribution < -0.4 is 10.0 Å². The van der Waals surface area contributed by atoms with E-state index < -0.39 is 10.0 Å². The van der Waals surface area contributed by atoms with Gasteiger partial charge in [0.2, 0.25) is 5.95 Å². The van der Waals surface area contributed by atoms with Crippen molar-refractivity contribution in [2.75, 3.05) is 10.0 Å². The molecule has 0 aliphatic carbocycles. The predicted octanol–water partition coefficient (Wildman–Crippen LogP) is 3.04. The van der Waals surface area contributed by atoms with E-state index >= 15 is 0 Å². The first kappa shape index (κ1) is 20.2. The molecular formula is C20H18N4O4S. The summed E-state index contributed by atoms with van der Waals surface area (Å²) in [6.07, 6.45) is 1.46. The molecule has 3 rings (SSSR count). The van der Waals surface area contributed by atoms with Crippen LogP contribution >= 0.6 is 0 Å². The number of nitrogens with one attached hydrogen (secondary N) is 2. The summed E-state index contributed by atoms with van der Waals surface area (Å²) in [6, 6.07) is 13.6. The van der Waals surface area contributed by atoms with E-state index in [-0.39, 0.29) is 22.5 Å². The molecule has 0 bridgehead atoms. The molecule has 0 aliphatic heterocycles. The average molecular weight is 410 g/mol. The Morgan fingerprint density at radius 3 is 2.10 bits per heavy atom. The van der Waals surface area contributed by atoms with Crippen LogP contribution in [0.3, 0.4) is 0 Å². The van der Waals surface area contributed by atoms with Crippen molar-refractivity contribution in [2.24, 2.45) is 0 Å².